The SMILES string of the molecule is c1ccc(NC2CCCC3c4ccccc4NC23)cc1. The van der Waals surface area contributed by atoms with Gasteiger partial charge in [0, 0.05) is 23.3 Å². The Labute approximate surface area is 120 Å². The Hall–Kier alpha value is -1.96. The second-order valence-electron chi connectivity index (χ2n) is 5.91. The molecule has 4 rings (SSSR count). The van der Waals surface area contributed by atoms with Crippen LogP contribution in [0.4, 0.5) is 11.4 Å². The van der Waals surface area contributed by atoms with Crippen LogP contribution < -0.4 is 10.6 Å². The highest BCUT2D eigenvalue weighted by atomic mass is 15.1. The van der Waals surface area contributed by atoms with Crippen LogP contribution in [0.3, 0.4) is 0 Å². The van der Waals surface area contributed by atoms with Crippen LogP contribution in [0, 0.1) is 0 Å². The average Bonchev–Trinajstić information content (AvgIpc) is 2.88. The van der Waals surface area contributed by atoms with Gasteiger partial charge in [0.15, 0.2) is 0 Å². The third-order valence-corrected chi connectivity index (χ3v) is 4.71. The molecule has 0 radical (unpaired) electrons. The molecular weight excluding hydrogens is 244 g/mol. The number of rotatable bonds is 2. The molecule has 1 aliphatic heterocycles. The van der Waals surface area contributed by atoms with Crippen molar-refractivity contribution < 1.29 is 0 Å². The lowest BCUT2D eigenvalue weighted by molar-refractivity contribution is 0.389. The molecule has 1 fully saturated rings. The Bertz CT molecular complexity index is 593. The number of hydrogen-bond donors (Lipinski definition) is 2. The number of fused-ring (bicyclic) bond motifs is 3. The molecule has 1 heterocycles. The third kappa shape index (κ3) is 1.96. The van der Waals surface area contributed by atoms with E-state index in [9.17, 15) is 0 Å². The molecule has 0 spiro atoms. The zero-order valence-corrected chi connectivity index (χ0v) is 11.5. The zero-order valence-electron chi connectivity index (χ0n) is 11.5. The fourth-order valence-electron chi connectivity index (χ4n) is 3.79. The summed E-state index contributed by atoms with van der Waals surface area (Å²) in [5.41, 5.74) is 4.08. The minimum atomic E-state index is 0.517. The largest absolute Gasteiger partial charge is 0.380 e. The number of hydrogen-bond acceptors (Lipinski definition) is 2. The van der Waals surface area contributed by atoms with Gasteiger partial charge in [-0.1, -0.05) is 42.8 Å². The van der Waals surface area contributed by atoms with Gasteiger partial charge in [-0.3, -0.25) is 0 Å². The zero-order chi connectivity index (χ0) is 13.4. The molecule has 0 bridgehead atoms. The molecule has 102 valence electrons. The smallest absolute Gasteiger partial charge is 0.0532 e. The molecule has 1 saturated carbocycles. The lowest BCUT2D eigenvalue weighted by atomic mass is 9.79. The minimum Gasteiger partial charge on any atom is -0.380 e. The summed E-state index contributed by atoms with van der Waals surface area (Å²) in [4.78, 5) is 0. The number of anilines is 2. The molecular formula is C18H20N2. The van der Waals surface area contributed by atoms with Crippen LogP contribution in [0.15, 0.2) is 54.6 Å². The monoisotopic (exact) mass is 264 g/mol. The molecule has 2 aliphatic rings. The first-order valence-electron chi connectivity index (χ1n) is 7.59. The van der Waals surface area contributed by atoms with Crippen LogP contribution in [0.5, 0.6) is 0 Å². The van der Waals surface area contributed by atoms with E-state index in [-0.39, 0.29) is 0 Å². The fourth-order valence-corrected chi connectivity index (χ4v) is 3.79. The molecule has 0 amide bonds. The van der Waals surface area contributed by atoms with Gasteiger partial charge in [-0.25, -0.2) is 0 Å². The third-order valence-electron chi connectivity index (χ3n) is 4.71. The average molecular weight is 264 g/mol. The van der Waals surface area contributed by atoms with E-state index in [0.717, 1.165) is 0 Å². The Morgan fingerprint density at radius 3 is 2.60 bits per heavy atom. The van der Waals surface area contributed by atoms with Gasteiger partial charge in [-0.15, -0.1) is 0 Å². The summed E-state index contributed by atoms with van der Waals surface area (Å²) in [5, 5.41) is 7.47. The number of nitrogens with one attached hydrogen (secondary N) is 2. The molecule has 2 aromatic carbocycles. The van der Waals surface area contributed by atoms with Crippen molar-refractivity contribution in [2.45, 2.75) is 37.3 Å². The Morgan fingerprint density at radius 2 is 1.70 bits per heavy atom. The summed E-state index contributed by atoms with van der Waals surface area (Å²) in [6.45, 7) is 0. The van der Waals surface area contributed by atoms with E-state index >= 15 is 0 Å². The van der Waals surface area contributed by atoms with Crippen molar-refractivity contribution in [3.8, 4) is 0 Å². The summed E-state index contributed by atoms with van der Waals surface area (Å²) < 4.78 is 0. The molecule has 20 heavy (non-hydrogen) atoms. The summed E-state index contributed by atoms with van der Waals surface area (Å²) in [5.74, 6) is 0.668. The maximum absolute atomic E-state index is 3.74. The van der Waals surface area contributed by atoms with E-state index in [0.29, 0.717) is 18.0 Å². The summed E-state index contributed by atoms with van der Waals surface area (Å²) in [7, 11) is 0. The highest BCUT2D eigenvalue weighted by molar-refractivity contribution is 5.61. The van der Waals surface area contributed by atoms with E-state index < -0.39 is 0 Å². The first kappa shape index (κ1) is 11.8. The highest BCUT2D eigenvalue weighted by Gasteiger charge is 2.39. The van der Waals surface area contributed by atoms with Gasteiger partial charge in [-0.05, 0) is 36.6 Å². The second kappa shape index (κ2) is 4.86. The van der Waals surface area contributed by atoms with Gasteiger partial charge in [0.25, 0.3) is 0 Å². The van der Waals surface area contributed by atoms with Crippen LogP contribution >= 0.6 is 0 Å². The summed E-state index contributed by atoms with van der Waals surface area (Å²) >= 11 is 0. The molecule has 2 N–H and O–H groups in total. The van der Waals surface area contributed by atoms with Crippen molar-refractivity contribution in [1.82, 2.24) is 0 Å². The predicted octanol–water partition coefficient (Wildman–Crippen LogP) is 4.23. The normalized spacial score (nSPS) is 27.3. The van der Waals surface area contributed by atoms with Crippen molar-refractivity contribution >= 4 is 11.4 Å². The van der Waals surface area contributed by atoms with Crippen molar-refractivity contribution in [3.05, 3.63) is 60.2 Å². The minimum absolute atomic E-state index is 0.517. The summed E-state index contributed by atoms with van der Waals surface area (Å²) in [6, 6.07) is 20.4. The first-order valence-corrected chi connectivity index (χ1v) is 7.59. The molecule has 0 saturated heterocycles. The Balaban J connectivity index is 1.58. The molecule has 2 aromatic rings. The molecule has 0 aromatic heterocycles. The first-order chi connectivity index (χ1) is 9.92. The van der Waals surface area contributed by atoms with Crippen LogP contribution in [0.1, 0.15) is 30.7 Å². The Kier molecular flexibility index (Phi) is 2.87. The molecule has 3 unspecified atom stereocenters. The van der Waals surface area contributed by atoms with Crippen LogP contribution in [0.2, 0.25) is 0 Å². The fraction of sp³-hybridized carbons (Fsp3) is 0.333. The number of benzene rings is 2. The lowest BCUT2D eigenvalue weighted by Gasteiger charge is -2.35. The van der Waals surface area contributed by atoms with Crippen molar-refractivity contribution in [1.29, 1.82) is 0 Å². The highest BCUT2D eigenvalue weighted by Crippen LogP contribution is 2.44. The van der Waals surface area contributed by atoms with Gasteiger partial charge >= 0.3 is 0 Å². The van der Waals surface area contributed by atoms with Crippen molar-refractivity contribution in [2.24, 2.45) is 0 Å². The maximum atomic E-state index is 3.74. The Morgan fingerprint density at radius 1 is 0.900 bits per heavy atom. The summed E-state index contributed by atoms with van der Waals surface area (Å²) in [6.07, 6.45) is 3.86. The van der Waals surface area contributed by atoms with E-state index in [1.807, 2.05) is 0 Å². The van der Waals surface area contributed by atoms with E-state index in [4.69, 9.17) is 0 Å². The maximum Gasteiger partial charge on any atom is 0.0532 e. The van der Waals surface area contributed by atoms with Crippen molar-refractivity contribution in [3.63, 3.8) is 0 Å². The van der Waals surface area contributed by atoms with Gasteiger partial charge < -0.3 is 10.6 Å². The van der Waals surface area contributed by atoms with Crippen LogP contribution in [-0.4, -0.2) is 12.1 Å². The predicted molar refractivity (Wildman–Crippen MR) is 84.3 cm³/mol. The number of para-hydroxylation sites is 2. The quantitative estimate of drug-likeness (QED) is 0.848. The van der Waals surface area contributed by atoms with Crippen molar-refractivity contribution in [2.75, 3.05) is 10.6 Å². The van der Waals surface area contributed by atoms with E-state index in [1.165, 1.54) is 36.2 Å². The molecule has 1 aliphatic carbocycles. The van der Waals surface area contributed by atoms with Gasteiger partial charge in [0.2, 0.25) is 0 Å². The molecule has 2 heteroatoms. The topological polar surface area (TPSA) is 24.1 Å². The molecule has 3 atom stereocenters. The van der Waals surface area contributed by atoms with Crippen LogP contribution in [-0.2, 0) is 0 Å². The standard InChI is InChI=1S/C18H20N2/c1-2-7-13(8-3-1)19-17-12-6-10-15-14-9-4-5-11-16(14)20-18(15)17/h1-5,7-9,11,15,17-20H,6,10,12H2. The van der Waals surface area contributed by atoms with Crippen LogP contribution in [0.25, 0.3) is 0 Å². The van der Waals surface area contributed by atoms with E-state index in [1.54, 1.807) is 0 Å². The molecule has 2 nitrogen and oxygen atoms in total. The second-order valence-corrected chi connectivity index (χ2v) is 5.91. The lowest BCUT2D eigenvalue weighted by Crippen LogP contribution is -2.43. The van der Waals surface area contributed by atoms with Gasteiger partial charge in [0.1, 0.15) is 0 Å². The van der Waals surface area contributed by atoms with Gasteiger partial charge in [-0.2, -0.15) is 0 Å². The van der Waals surface area contributed by atoms with E-state index in [2.05, 4.69) is 65.2 Å². The van der Waals surface area contributed by atoms with Gasteiger partial charge in [0.05, 0.1) is 6.04 Å².